The molecule has 3 N–H and O–H groups in total. The van der Waals surface area contributed by atoms with Gasteiger partial charge in [-0.3, -0.25) is 4.99 Å². The van der Waals surface area contributed by atoms with Gasteiger partial charge in [0, 0.05) is 20.1 Å². The van der Waals surface area contributed by atoms with E-state index in [1.54, 1.807) is 30.5 Å². The number of nitrogens with one attached hydrogen (secondary N) is 2. The van der Waals surface area contributed by atoms with Gasteiger partial charge in [0.2, 0.25) is 0 Å². The third kappa shape index (κ3) is 5.47. The zero-order valence-electron chi connectivity index (χ0n) is 12.2. The lowest BCUT2D eigenvalue weighted by molar-refractivity contribution is 0.475. The molecule has 2 aromatic rings. The number of phenolic OH excluding ortho intramolecular Hbond substituents is 1. The number of hydrogen-bond acceptors (Lipinski definition) is 3. The summed E-state index contributed by atoms with van der Waals surface area (Å²) >= 11 is 1.70. The molecule has 2 rings (SSSR count). The molecule has 0 aliphatic heterocycles. The van der Waals surface area contributed by atoms with Crippen LogP contribution in [0.15, 0.2) is 46.1 Å². The van der Waals surface area contributed by atoms with Crippen LogP contribution in [-0.4, -0.2) is 24.7 Å². The molecule has 0 saturated carbocycles. The smallest absolute Gasteiger partial charge is 0.191 e. The van der Waals surface area contributed by atoms with Gasteiger partial charge in [0.15, 0.2) is 5.96 Å². The standard InChI is InChI=1S/C16H21N3OS/c1-17-16(19-11-14-8-10-21-12-14)18-9-2-3-13-4-6-15(20)7-5-13/h4-8,10,12,20H,2-3,9,11H2,1H3,(H2,17,18,19). The van der Waals surface area contributed by atoms with Crippen LogP contribution in [0.3, 0.4) is 0 Å². The Hall–Kier alpha value is -2.01. The molecule has 0 saturated heterocycles. The van der Waals surface area contributed by atoms with Crippen LogP contribution in [0, 0.1) is 0 Å². The summed E-state index contributed by atoms with van der Waals surface area (Å²) in [6.07, 6.45) is 2.00. The zero-order valence-corrected chi connectivity index (χ0v) is 13.0. The molecule has 4 nitrogen and oxygen atoms in total. The molecule has 1 heterocycles. The van der Waals surface area contributed by atoms with E-state index in [-0.39, 0.29) is 0 Å². The summed E-state index contributed by atoms with van der Waals surface area (Å²) in [5, 5.41) is 20.0. The average Bonchev–Trinajstić information content (AvgIpc) is 3.02. The Balaban J connectivity index is 1.65. The highest BCUT2D eigenvalue weighted by atomic mass is 32.1. The molecule has 0 bridgehead atoms. The SMILES string of the molecule is CN=C(NCCCc1ccc(O)cc1)NCc1ccsc1. The molecule has 112 valence electrons. The van der Waals surface area contributed by atoms with Crippen molar-refractivity contribution in [2.45, 2.75) is 19.4 Å². The lowest BCUT2D eigenvalue weighted by atomic mass is 10.1. The van der Waals surface area contributed by atoms with Crippen LogP contribution in [0.2, 0.25) is 0 Å². The average molecular weight is 303 g/mol. The number of guanidine groups is 1. The highest BCUT2D eigenvalue weighted by Crippen LogP contribution is 2.10. The molecule has 1 aromatic carbocycles. The second-order valence-electron chi connectivity index (χ2n) is 4.75. The lowest BCUT2D eigenvalue weighted by Crippen LogP contribution is -2.37. The van der Waals surface area contributed by atoms with Crippen molar-refractivity contribution in [3.05, 3.63) is 52.2 Å². The predicted octanol–water partition coefficient (Wildman–Crippen LogP) is 2.75. The van der Waals surface area contributed by atoms with Crippen LogP contribution in [0.5, 0.6) is 5.75 Å². The maximum absolute atomic E-state index is 9.23. The third-order valence-corrected chi connectivity index (χ3v) is 3.87. The highest BCUT2D eigenvalue weighted by Gasteiger charge is 1.99. The van der Waals surface area contributed by atoms with Gasteiger partial charge in [-0.25, -0.2) is 0 Å². The minimum Gasteiger partial charge on any atom is -0.508 e. The third-order valence-electron chi connectivity index (χ3n) is 3.13. The van der Waals surface area contributed by atoms with Gasteiger partial charge in [-0.2, -0.15) is 11.3 Å². The molecule has 21 heavy (non-hydrogen) atoms. The zero-order chi connectivity index (χ0) is 14.9. The van der Waals surface area contributed by atoms with Crippen molar-refractivity contribution in [2.75, 3.05) is 13.6 Å². The van der Waals surface area contributed by atoms with Gasteiger partial charge in [-0.05, 0) is 52.9 Å². The van der Waals surface area contributed by atoms with Crippen LogP contribution >= 0.6 is 11.3 Å². The fraction of sp³-hybridized carbons (Fsp3) is 0.312. The van der Waals surface area contributed by atoms with E-state index in [1.165, 1.54) is 11.1 Å². The van der Waals surface area contributed by atoms with E-state index in [2.05, 4.69) is 32.5 Å². The molecular weight excluding hydrogens is 282 g/mol. The lowest BCUT2D eigenvalue weighted by Gasteiger charge is -2.11. The number of hydrogen-bond donors (Lipinski definition) is 3. The maximum Gasteiger partial charge on any atom is 0.191 e. The number of benzene rings is 1. The molecule has 1 aromatic heterocycles. The number of aliphatic imine (C=N–C) groups is 1. The summed E-state index contributed by atoms with van der Waals surface area (Å²) in [4.78, 5) is 4.21. The van der Waals surface area contributed by atoms with Crippen molar-refractivity contribution in [2.24, 2.45) is 4.99 Å². The van der Waals surface area contributed by atoms with Crippen molar-refractivity contribution >= 4 is 17.3 Å². The van der Waals surface area contributed by atoms with E-state index in [9.17, 15) is 5.11 Å². The summed E-state index contributed by atoms with van der Waals surface area (Å²) in [6.45, 7) is 1.66. The Labute approximate surface area is 129 Å². The number of aryl methyl sites for hydroxylation is 1. The maximum atomic E-state index is 9.23. The number of nitrogens with zero attached hydrogens (tertiary/aromatic N) is 1. The van der Waals surface area contributed by atoms with E-state index in [4.69, 9.17) is 0 Å². The molecule has 0 fully saturated rings. The molecule has 0 spiro atoms. The van der Waals surface area contributed by atoms with E-state index in [0.29, 0.717) is 5.75 Å². The molecule has 0 radical (unpaired) electrons. The van der Waals surface area contributed by atoms with Gasteiger partial charge in [-0.15, -0.1) is 0 Å². The largest absolute Gasteiger partial charge is 0.508 e. The summed E-state index contributed by atoms with van der Waals surface area (Å²) in [7, 11) is 1.78. The van der Waals surface area contributed by atoms with Gasteiger partial charge in [0.1, 0.15) is 5.75 Å². The van der Waals surface area contributed by atoms with Crippen molar-refractivity contribution in [3.8, 4) is 5.75 Å². The Morgan fingerprint density at radius 3 is 2.62 bits per heavy atom. The first kappa shape index (κ1) is 15.4. The molecular formula is C16H21N3OS. The predicted molar refractivity (Wildman–Crippen MR) is 88.9 cm³/mol. The summed E-state index contributed by atoms with van der Waals surface area (Å²) in [6, 6.07) is 9.47. The summed E-state index contributed by atoms with van der Waals surface area (Å²) in [5.74, 6) is 1.14. The summed E-state index contributed by atoms with van der Waals surface area (Å²) < 4.78 is 0. The Kier molecular flexibility index (Phi) is 6.09. The second-order valence-corrected chi connectivity index (χ2v) is 5.53. The highest BCUT2D eigenvalue weighted by molar-refractivity contribution is 7.07. The first-order valence-corrected chi connectivity index (χ1v) is 7.95. The van der Waals surface area contributed by atoms with Crippen molar-refractivity contribution in [1.29, 1.82) is 0 Å². The molecule has 0 atom stereocenters. The minimum absolute atomic E-state index is 0.315. The van der Waals surface area contributed by atoms with E-state index < -0.39 is 0 Å². The fourth-order valence-corrected chi connectivity index (χ4v) is 2.63. The van der Waals surface area contributed by atoms with Crippen molar-refractivity contribution < 1.29 is 5.11 Å². The monoisotopic (exact) mass is 303 g/mol. The normalized spacial score (nSPS) is 11.4. The van der Waals surface area contributed by atoms with E-state index in [0.717, 1.165) is 31.9 Å². The molecule has 0 aliphatic carbocycles. The van der Waals surface area contributed by atoms with Crippen LogP contribution in [-0.2, 0) is 13.0 Å². The Morgan fingerprint density at radius 1 is 1.14 bits per heavy atom. The van der Waals surface area contributed by atoms with Gasteiger partial charge >= 0.3 is 0 Å². The topological polar surface area (TPSA) is 56.7 Å². The van der Waals surface area contributed by atoms with Crippen LogP contribution in [0.1, 0.15) is 17.5 Å². The number of phenols is 1. The Bertz CT molecular complexity index is 549. The van der Waals surface area contributed by atoms with Crippen LogP contribution < -0.4 is 10.6 Å². The van der Waals surface area contributed by atoms with Crippen LogP contribution in [0.25, 0.3) is 0 Å². The van der Waals surface area contributed by atoms with E-state index >= 15 is 0 Å². The number of rotatable bonds is 6. The van der Waals surface area contributed by atoms with Crippen LogP contribution in [0.4, 0.5) is 0 Å². The fourth-order valence-electron chi connectivity index (χ4n) is 1.96. The quantitative estimate of drug-likeness (QED) is 0.437. The van der Waals surface area contributed by atoms with Gasteiger partial charge in [0.05, 0.1) is 0 Å². The molecule has 0 amide bonds. The minimum atomic E-state index is 0.315. The summed E-state index contributed by atoms with van der Waals surface area (Å²) in [5.41, 5.74) is 2.50. The van der Waals surface area contributed by atoms with Crippen molar-refractivity contribution in [1.82, 2.24) is 10.6 Å². The molecule has 5 heteroatoms. The number of thiophene rings is 1. The van der Waals surface area contributed by atoms with Crippen molar-refractivity contribution in [3.63, 3.8) is 0 Å². The molecule has 0 unspecified atom stereocenters. The first-order chi connectivity index (χ1) is 10.3. The first-order valence-electron chi connectivity index (χ1n) is 7.01. The van der Waals surface area contributed by atoms with Gasteiger partial charge in [-0.1, -0.05) is 12.1 Å². The number of aromatic hydroxyl groups is 1. The Morgan fingerprint density at radius 2 is 1.95 bits per heavy atom. The molecule has 0 aliphatic rings. The van der Waals surface area contributed by atoms with Gasteiger partial charge < -0.3 is 15.7 Å². The van der Waals surface area contributed by atoms with E-state index in [1.807, 2.05) is 12.1 Å². The van der Waals surface area contributed by atoms with Gasteiger partial charge in [0.25, 0.3) is 0 Å². The second kappa shape index (κ2) is 8.32.